The molecule has 1 aromatic heterocycles. The van der Waals surface area contributed by atoms with Crippen LogP contribution in [0.5, 0.6) is 0 Å². The Morgan fingerprint density at radius 1 is 1.04 bits per heavy atom. The van der Waals surface area contributed by atoms with E-state index in [0.717, 1.165) is 5.56 Å². The summed E-state index contributed by atoms with van der Waals surface area (Å²) in [4.78, 5) is 12.4. The molecule has 0 spiro atoms. The lowest BCUT2D eigenvalue weighted by atomic mass is 10.1. The molecule has 0 saturated carbocycles. The van der Waals surface area contributed by atoms with Crippen molar-refractivity contribution in [2.45, 2.75) is 17.6 Å². The van der Waals surface area contributed by atoms with Crippen LogP contribution < -0.4 is 11.2 Å². The Labute approximate surface area is 162 Å². The van der Waals surface area contributed by atoms with Gasteiger partial charge in [-0.15, -0.1) is 0 Å². The number of nitrogen functional groups attached to an aromatic ring is 1. The highest BCUT2D eigenvalue weighted by molar-refractivity contribution is 7.90. The maximum Gasteiger partial charge on any atom is 0.307 e. The van der Waals surface area contributed by atoms with Crippen LogP contribution in [0.3, 0.4) is 0 Å². The molecule has 28 heavy (non-hydrogen) atoms. The molecular formula is C20H19N3O4S. The van der Waals surface area contributed by atoms with Crippen molar-refractivity contribution in [3.8, 4) is 0 Å². The minimum Gasteiger partial charge on any atom is -0.455 e. The van der Waals surface area contributed by atoms with Gasteiger partial charge in [-0.2, -0.15) is 5.10 Å². The molecule has 1 heterocycles. The molecule has 0 bridgehead atoms. The van der Waals surface area contributed by atoms with Crippen molar-refractivity contribution in [3.05, 3.63) is 83.8 Å². The number of hydrazone groups is 1. The van der Waals surface area contributed by atoms with Crippen LogP contribution in [0.2, 0.25) is 0 Å². The highest BCUT2D eigenvalue weighted by atomic mass is 32.2. The fourth-order valence-corrected chi connectivity index (χ4v) is 3.72. The minimum atomic E-state index is -3.55. The molecule has 144 valence electrons. The Bertz CT molecular complexity index is 1100. The number of nitrogens with zero attached hydrogens (tertiary/aromatic N) is 1. The van der Waals surface area contributed by atoms with Crippen LogP contribution in [0, 0.1) is 0 Å². The number of nitrogens with two attached hydrogens (primary N) is 1. The molecule has 3 N–H and O–H groups in total. The summed E-state index contributed by atoms with van der Waals surface area (Å²) >= 11 is 0. The van der Waals surface area contributed by atoms with Gasteiger partial charge in [-0.1, -0.05) is 30.3 Å². The molecular weight excluding hydrogens is 378 g/mol. The van der Waals surface area contributed by atoms with Gasteiger partial charge in [0.25, 0.3) is 0 Å². The van der Waals surface area contributed by atoms with E-state index in [1.54, 1.807) is 49.4 Å². The van der Waals surface area contributed by atoms with Crippen molar-refractivity contribution in [1.82, 2.24) is 5.43 Å². The van der Waals surface area contributed by atoms with E-state index in [4.69, 9.17) is 10.2 Å². The average Bonchev–Trinajstić information content (AvgIpc) is 3.15. The molecule has 7 nitrogen and oxygen atoms in total. The van der Waals surface area contributed by atoms with E-state index in [9.17, 15) is 13.2 Å². The lowest BCUT2D eigenvalue weighted by molar-refractivity contribution is 0.0925. The number of hydrogen-bond acceptors (Lipinski definition) is 6. The monoisotopic (exact) mass is 397 g/mol. The van der Waals surface area contributed by atoms with Crippen molar-refractivity contribution < 1.29 is 17.6 Å². The highest BCUT2D eigenvalue weighted by Gasteiger charge is 2.19. The lowest BCUT2D eigenvalue weighted by Gasteiger charge is -2.03. The number of rotatable bonds is 6. The molecule has 0 aliphatic carbocycles. The Balaban J connectivity index is 1.67. The Morgan fingerprint density at radius 3 is 2.39 bits per heavy atom. The summed E-state index contributed by atoms with van der Waals surface area (Å²) in [5, 5.41) is 4.03. The molecule has 8 heteroatoms. The van der Waals surface area contributed by atoms with Gasteiger partial charge in [-0.3, -0.25) is 4.79 Å². The molecule has 0 unspecified atom stereocenters. The van der Waals surface area contributed by atoms with E-state index in [-0.39, 0.29) is 22.2 Å². The van der Waals surface area contributed by atoms with Gasteiger partial charge in [0.2, 0.25) is 0 Å². The normalized spacial score (nSPS) is 12.0. The Morgan fingerprint density at radius 2 is 1.71 bits per heavy atom. The third-order valence-electron chi connectivity index (χ3n) is 3.97. The molecule has 0 fully saturated rings. The van der Waals surface area contributed by atoms with E-state index in [1.165, 1.54) is 24.3 Å². The first-order valence-corrected chi connectivity index (χ1v) is 10.1. The zero-order chi connectivity index (χ0) is 20.1. The van der Waals surface area contributed by atoms with Crippen molar-refractivity contribution >= 4 is 27.1 Å². The fraction of sp³-hybridized carbons (Fsp3) is 0.100. The van der Waals surface area contributed by atoms with Crippen LogP contribution in [0.25, 0.3) is 0 Å². The number of amides is 1. The number of furan rings is 1. The second kappa shape index (κ2) is 8.10. The second-order valence-electron chi connectivity index (χ2n) is 6.10. The first-order valence-electron chi connectivity index (χ1n) is 8.42. The SMILES string of the molecule is C/C(=N/NC(=O)c1ccc(CS(=O)(=O)c2ccccc2)o1)c1ccc(N)cc1. The largest absolute Gasteiger partial charge is 0.455 e. The molecule has 0 aliphatic rings. The predicted octanol–water partition coefficient (Wildman–Crippen LogP) is 2.99. The van der Waals surface area contributed by atoms with Gasteiger partial charge in [0.05, 0.1) is 10.6 Å². The number of nitrogens with one attached hydrogen (secondary N) is 1. The number of anilines is 1. The highest BCUT2D eigenvalue weighted by Crippen LogP contribution is 2.18. The van der Waals surface area contributed by atoms with Gasteiger partial charge in [0, 0.05) is 5.69 Å². The number of carbonyl (C=O) groups excluding carboxylic acids is 1. The number of sulfone groups is 1. The van der Waals surface area contributed by atoms with Crippen LogP contribution in [-0.2, 0) is 15.6 Å². The minimum absolute atomic E-state index is 0.0212. The summed E-state index contributed by atoms with van der Waals surface area (Å²) in [5.74, 6) is -0.753. The molecule has 1 amide bonds. The first-order chi connectivity index (χ1) is 13.3. The smallest absolute Gasteiger partial charge is 0.307 e. The summed E-state index contributed by atoms with van der Waals surface area (Å²) in [6.07, 6.45) is 0. The van der Waals surface area contributed by atoms with Gasteiger partial charge >= 0.3 is 5.91 Å². The Hall–Kier alpha value is -3.39. The van der Waals surface area contributed by atoms with Gasteiger partial charge in [-0.05, 0) is 48.9 Å². The lowest BCUT2D eigenvalue weighted by Crippen LogP contribution is -2.18. The maximum atomic E-state index is 12.4. The first kappa shape index (κ1) is 19.4. The van der Waals surface area contributed by atoms with Crippen molar-refractivity contribution in [1.29, 1.82) is 0 Å². The van der Waals surface area contributed by atoms with E-state index < -0.39 is 15.7 Å². The van der Waals surface area contributed by atoms with Gasteiger partial charge in [0.15, 0.2) is 15.6 Å². The molecule has 0 atom stereocenters. The van der Waals surface area contributed by atoms with Crippen LogP contribution in [0.4, 0.5) is 5.69 Å². The average molecular weight is 397 g/mol. The molecule has 3 aromatic rings. The topological polar surface area (TPSA) is 115 Å². The van der Waals surface area contributed by atoms with Crippen molar-refractivity contribution in [2.75, 3.05) is 5.73 Å². The van der Waals surface area contributed by atoms with Crippen molar-refractivity contribution in [2.24, 2.45) is 5.10 Å². The predicted molar refractivity (Wildman–Crippen MR) is 107 cm³/mol. The number of hydrogen-bond donors (Lipinski definition) is 2. The van der Waals surface area contributed by atoms with E-state index in [2.05, 4.69) is 10.5 Å². The van der Waals surface area contributed by atoms with Gasteiger partial charge in [-0.25, -0.2) is 13.8 Å². The molecule has 2 aromatic carbocycles. The summed E-state index contributed by atoms with van der Waals surface area (Å²) in [6.45, 7) is 1.74. The third-order valence-corrected chi connectivity index (χ3v) is 5.63. The molecule has 0 saturated heterocycles. The second-order valence-corrected chi connectivity index (χ2v) is 8.09. The van der Waals surface area contributed by atoms with Crippen LogP contribution >= 0.6 is 0 Å². The molecule has 0 aliphatic heterocycles. The zero-order valence-corrected chi connectivity index (χ0v) is 15.9. The molecule has 0 radical (unpaired) electrons. The fourth-order valence-electron chi connectivity index (χ4n) is 2.45. The summed E-state index contributed by atoms with van der Waals surface area (Å²) in [6, 6.07) is 18.0. The van der Waals surface area contributed by atoms with Crippen LogP contribution in [0.1, 0.15) is 28.8 Å². The number of carbonyl (C=O) groups is 1. The van der Waals surface area contributed by atoms with Gasteiger partial charge in [0.1, 0.15) is 11.5 Å². The third kappa shape index (κ3) is 4.66. The summed E-state index contributed by atoms with van der Waals surface area (Å²) in [7, 11) is -3.55. The standard InChI is InChI=1S/C20H19N3O4S/c1-14(15-7-9-16(21)10-8-15)22-23-20(24)19-12-11-17(27-19)13-28(25,26)18-5-3-2-4-6-18/h2-12H,13,21H2,1H3,(H,23,24)/b22-14-. The number of benzene rings is 2. The maximum absolute atomic E-state index is 12.4. The quantitative estimate of drug-likeness (QED) is 0.377. The van der Waals surface area contributed by atoms with Crippen LogP contribution in [0.15, 0.2) is 81.1 Å². The van der Waals surface area contributed by atoms with Crippen LogP contribution in [-0.4, -0.2) is 20.0 Å². The summed E-state index contributed by atoms with van der Waals surface area (Å²) in [5.41, 5.74) is 10.1. The van der Waals surface area contributed by atoms with Crippen molar-refractivity contribution in [3.63, 3.8) is 0 Å². The van der Waals surface area contributed by atoms with E-state index in [0.29, 0.717) is 11.4 Å². The Kier molecular flexibility index (Phi) is 5.60. The van der Waals surface area contributed by atoms with Gasteiger partial charge < -0.3 is 10.2 Å². The zero-order valence-electron chi connectivity index (χ0n) is 15.1. The van der Waals surface area contributed by atoms with E-state index >= 15 is 0 Å². The molecule has 3 rings (SSSR count). The van der Waals surface area contributed by atoms with E-state index in [1.807, 2.05) is 0 Å². The summed E-state index contributed by atoms with van der Waals surface area (Å²) < 4.78 is 30.1.